The minimum Gasteiger partial charge on any atom is -0.481 e. The molecule has 2 atom stereocenters. The number of carboxylic acid groups (broad SMARTS) is 1. The minimum atomic E-state index is -0.799. The van der Waals surface area contributed by atoms with Gasteiger partial charge in [-0.1, -0.05) is 43.2 Å². The molecule has 4 heteroatoms. The van der Waals surface area contributed by atoms with Gasteiger partial charge in [0.2, 0.25) is 5.91 Å². The first-order chi connectivity index (χ1) is 10.5. The molecule has 22 heavy (non-hydrogen) atoms. The van der Waals surface area contributed by atoms with Crippen LogP contribution in [-0.2, 0) is 16.0 Å². The maximum atomic E-state index is 12.2. The number of amides is 1. The largest absolute Gasteiger partial charge is 0.481 e. The van der Waals surface area contributed by atoms with Gasteiger partial charge in [0.05, 0.1) is 11.5 Å². The van der Waals surface area contributed by atoms with Crippen molar-refractivity contribution in [1.82, 2.24) is 5.32 Å². The summed E-state index contributed by atoms with van der Waals surface area (Å²) in [6, 6.07) is 10.1. The molecular weight excluding hydrogens is 278 g/mol. The van der Waals surface area contributed by atoms with Crippen LogP contribution in [0.4, 0.5) is 0 Å². The summed E-state index contributed by atoms with van der Waals surface area (Å²) in [5.41, 5.74) is 0.621. The Morgan fingerprint density at radius 1 is 1.27 bits per heavy atom. The fourth-order valence-corrected chi connectivity index (χ4v) is 3.36. The number of aryl methyl sites for hydroxylation is 1. The van der Waals surface area contributed by atoms with Crippen molar-refractivity contribution in [2.75, 3.05) is 0 Å². The lowest BCUT2D eigenvalue weighted by atomic mass is 9.74. The Morgan fingerprint density at radius 2 is 2.00 bits per heavy atom. The highest BCUT2D eigenvalue weighted by molar-refractivity contribution is 5.79. The Bertz CT molecular complexity index is 514. The maximum Gasteiger partial charge on any atom is 0.308 e. The molecule has 1 aliphatic carbocycles. The number of hydrogen-bond acceptors (Lipinski definition) is 2. The highest BCUT2D eigenvalue weighted by Crippen LogP contribution is 2.33. The van der Waals surface area contributed by atoms with Crippen LogP contribution in [0.25, 0.3) is 0 Å². The average molecular weight is 303 g/mol. The Hall–Kier alpha value is -1.84. The minimum absolute atomic E-state index is 0.0356. The molecule has 1 aromatic carbocycles. The van der Waals surface area contributed by atoms with Crippen LogP contribution in [0.2, 0.25) is 0 Å². The van der Waals surface area contributed by atoms with E-state index in [0.29, 0.717) is 12.8 Å². The van der Waals surface area contributed by atoms with Crippen LogP contribution in [0.15, 0.2) is 30.3 Å². The van der Waals surface area contributed by atoms with Crippen LogP contribution in [-0.4, -0.2) is 22.5 Å². The molecule has 2 N–H and O–H groups in total. The number of rotatable bonds is 6. The van der Waals surface area contributed by atoms with Crippen molar-refractivity contribution in [2.45, 2.75) is 57.4 Å². The van der Waals surface area contributed by atoms with Crippen LogP contribution in [0.5, 0.6) is 0 Å². The smallest absolute Gasteiger partial charge is 0.308 e. The summed E-state index contributed by atoms with van der Waals surface area (Å²) in [5, 5.41) is 12.4. The molecule has 0 aliphatic heterocycles. The Balaban J connectivity index is 1.83. The molecule has 1 saturated carbocycles. The first kappa shape index (κ1) is 16.5. The molecule has 0 saturated heterocycles. The van der Waals surface area contributed by atoms with Gasteiger partial charge in [-0.15, -0.1) is 0 Å². The Labute approximate surface area is 131 Å². The van der Waals surface area contributed by atoms with Gasteiger partial charge in [0, 0.05) is 6.42 Å². The normalized spacial score (nSPS) is 24.7. The molecule has 120 valence electrons. The van der Waals surface area contributed by atoms with Crippen LogP contribution >= 0.6 is 0 Å². The first-order valence-electron chi connectivity index (χ1n) is 8.09. The van der Waals surface area contributed by atoms with Crippen molar-refractivity contribution in [3.8, 4) is 0 Å². The molecule has 0 spiro atoms. The second kappa shape index (κ2) is 7.43. The predicted octanol–water partition coefficient (Wildman–Crippen LogP) is 3.16. The van der Waals surface area contributed by atoms with E-state index in [1.165, 1.54) is 5.56 Å². The van der Waals surface area contributed by atoms with E-state index in [0.717, 1.165) is 32.1 Å². The molecule has 2 unspecified atom stereocenters. The number of benzene rings is 1. The molecule has 1 aliphatic rings. The van der Waals surface area contributed by atoms with Crippen molar-refractivity contribution >= 4 is 11.9 Å². The first-order valence-corrected chi connectivity index (χ1v) is 8.09. The van der Waals surface area contributed by atoms with E-state index in [4.69, 9.17) is 0 Å². The van der Waals surface area contributed by atoms with Crippen molar-refractivity contribution in [3.05, 3.63) is 35.9 Å². The van der Waals surface area contributed by atoms with E-state index in [1.807, 2.05) is 25.1 Å². The summed E-state index contributed by atoms with van der Waals surface area (Å²) in [6.07, 6.45) is 5.39. The number of carbonyl (C=O) groups excluding carboxylic acids is 1. The van der Waals surface area contributed by atoms with Gasteiger partial charge in [0.15, 0.2) is 0 Å². The van der Waals surface area contributed by atoms with Crippen molar-refractivity contribution in [3.63, 3.8) is 0 Å². The Morgan fingerprint density at radius 3 is 2.68 bits per heavy atom. The zero-order valence-corrected chi connectivity index (χ0v) is 13.2. The van der Waals surface area contributed by atoms with Crippen LogP contribution in [0.3, 0.4) is 0 Å². The van der Waals surface area contributed by atoms with E-state index < -0.39 is 17.4 Å². The number of carbonyl (C=O) groups is 2. The van der Waals surface area contributed by atoms with Crippen LogP contribution in [0.1, 0.15) is 51.0 Å². The second-order valence-electron chi connectivity index (χ2n) is 6.44. The zero-order valence-electron chi connectivity index (χ0n) is 13.2. The number of aliphatic carboxylic acids is 1. The third-order valence-corrected chi connectivity index (χ3v) is 4.64. The summed E-state index contributed by atoms with van der Waals surface area (Å²) in [6.45, 7) is 1.88. The van der Waals surface area contributed by atoms with Crippen molar-refractivity contribution in [1.29, 1.82) is 0 Å². The average Bonchev–Trinajstić information content (AvgIpc) is 2.48. The molecule has 0 aromatic heterocycles. The highest BCUT2D eigenvalue weighted by atomic mass is 16.4. The van der Waals surface area contributed by atoms with Gasteiger partial charge >= 0.3 is 5.97 Å². The monoisotopic (exact) mass is 303 g/mol. The van der Waals surface area contributed by atoms with Gasteiger partial charge in [-0.05, 0) is 38.2 Å². The molecule has 1 amide bonds. The lowest BCUT2D eigenvalue weighted by Gasteiger charge is -2.39. The lowest BCUT2D eigenvalue weighted by molar-refractivity contribution is -0.146. The summed E-state index contributed by atoms with van der Waals surface area (Å²) in [5.74, 6) is -1.31. The molecule has 0 heterocycles. The maximum absolute atomic E-state index is 12.2. The van der Waals surface area contributed by atoms with Crippen molar-refractivity contribution in [2.24, 2.45) is 5.92 Å². The molecule has 1 fully saturated rings. The van der Waals surface area contributed by atoms with Crippen molar-refractivity contribution < 1.29 is 14.7 Å². The zero-order chi connectivity index (χ0) is 16.0. The third-order valence-electron chi connectivity index (χ3n) is 4.64. The van der Waals surface area contributed by atoms with E-state index in [2.05, 4.69) is 17.4 Å². The molecule has 1 aromatic rings. The van der Waals surface area contributed by atoms with Gasteiger partial charge in [0.1, 0.15) is 0 Å². The fourth-order valence-electron chi connectivity index (χ4n) is 3.36. The van der Waals surface area contributed by atoms with E-state index in [9.17, 15) is 14.7 Å². The molecule has 2 rings (SSSR count). The van der Waals surface area contributed by atoms with Crippen LogP contribution < -0.4 is 5.32 Å². The molecule has 0 bridgehead atoms. The number of nitrogens with one attached hydrogen (secondary N) is 1. The van der Waals surface area contributed by atoms with Gasteiger partial charge in [-0.2, -0.15) is 0 Å². The highest BCUT2D eigenvalue weighted by Gasteiger charge is 2.41. The van der Waals surface area contributed by atoms with Crippen LogP contribution in [0, 0.1) is 5.92 Å². The summed E-state index contributed by atoms with van der Waals surface area (Å²) < 4.78 is 0. The lowest BCUT2D eigenvalue weighted by Crippen LogP contribution is -2.55. The third kappa shape index (κ3) is 4.33. The molecule has 0 radical (unpaired) electrons. The van der Waals surface area contributed by atoms with Gasteiger partial charge in [0.25, 0.3) is 0 Å². The molecular formula is C18H25NO3. The van der Waals surface area contributed by atoms with E-state index in [1.54, 1.807) is 0 Å². The van der Waals surface area contributed by atoms with Gasteiger partial charge in [-0.3, -0.25) is 9.59 Å². The fraction of sp³-hybridized carbons (Fsp3) is 0.556. The second-order valence-corrected chi connectivity index (χ2v) is 6.44. The topological polar surface area (TPSA) is 66.4 Å². The Kier molecular flexibility index (Phi) is 5.58. The predicted molar refractivity (Wildman–Crippen MR) is 85.5 cm³/mol. The SMILES string of the molecule is CC1(NC(=O)CCCc2ccccc2)CCCCC1C(=O)O. The van der Waals surface area contributed by atoms with E-state index >= 15 is 0 Å². The number of carboxylic acids is 1. The summed E-state index contributed by atoms with van der Waals surface area (Å²) >= 11 is 0. The molecule has 4 nitrogen and oxygen atoms in total. The van der Waals surface area contributed by atoms with E-state index in [-0.39, 0.29) is 5.91 Å². The number of hydrogen-bond donors (Lipinski definition) is 2. The summed E-state index contributed by atoms with van der Waals surface area (Å²) in [7, 11) is 0. The van der Waals surface area contributed by atoms with Gasteiger partial charge in [-0.25, -0.2) is 0 Å². The van der Waals surface area contributed by atoms with Gasteiger partial charge < -0.3 is 10.4 Å². The standard InChI is InChI=1S/C18H25NO3/c1-18(13-6-5-11-15(18)17(21)22)19-16(20)12-7-10-14-8-3-2-4-9-14/h2-4,8-9,15H,5-7,10-13H2,1H3,(H,19,20)(H,21,22). The summed E-state index contributed by atoms with van der Waals surface area (Å²) in [4.78, 5) is 23.6. The quantitative estimate of drug-likeness (QED) is 0.848.